The molecule has 2 N–H and O–H groups in total. The molecule has 6 nitrogen and oxygen atoms in total. The summed E-state index contributed by atoms with van der Waals surface area (Å²) in [6.45, 7) is 7.48. The molecule has 1 aliphatic rings. The van der Waals surface area contributed by atoms with Crippen molar-refractivity contribution >= 4 is 45.5 Å². The Balaban J connectivity index is 0.00000338. The second kappa shape index (κ2) is 11.0. The van der Waals surface area contributed by atoms with Crippen LogP contribution in [0.2, 0.25) is 0 Å². The van der Waals surface area contributed by atoms with Crippen LogP contribution < -0.4 is 15.5 Å². The van der Waals surface area contributed by atoms with E-state index >= 15 is 0 Å². The van der Waals surface area contributed by atoms with Gasteiger partial charge in [-0.15, -0.1) is 24.0 Å². The molecule has 1 atom stereocenters. The lowest BCUT2D eigenvalue weighted by molar-refractivity contribution is 0.567. The van der Waals surface area contributed by atoms with Crippen LogP contribution in [0.3, 0.4) is 0 Å². The highest BCUT2D eigenvalue weighted by Gasteiger charge is 2.27. The van der Waals surface area contributed by atoms with E-state index in [0.29, 0.717) is 12.3 Å². The number of nitrogens with one attached hydrogen (secondary N) is 2. The van der Waals surface area contributed by atoms with Gasteiger partial charge in [-0.05, 0) is 43.9 Å². The molecule has 2 rings (SSSR count). The third-order valence-corrected chi connectivity index (χ3v) is 6.37. The fraction of sp³-hybridized carbons (Fsp3) is 0.611. The first kappa shape index (κ1) is 23.0. The smallest absolute Gasteiger partial charge is 0.191 e. The van der Waals surface area contributed by atoms with E-state index in [1.807, 2.05) is 0 Å². The average molecular weight is 494 g/mol. The monoisotopic (exact) mass is 494 g/mol. The topological polar surface area (TPSA) is 73.8 Å². The first-order chi connectivity index (χ1) is 11.9. The molecule has 0 bridgehead atoms. The predicted molar refractivity (Wildman–Crippen MR) is 121 cm³/mol. The Bertz CT molecular complexity index is 694. The van der Waals surface area contributed by atoms with E-state index in [9.17, 15) is 8.42 Å². The molecule has 8 heteroatoms. The molecule has 148 valence electrons. The molecule has 1 fully saturated rings. The molecule has 1 saturated heterocycles. The van der Waals surface area contributed by atoms with Crippen LogP contribution in [0.4, 0.5) is 5.69 Å². The number of anilines is 1. The Labute approximate surface area is 174 Å². The lowest BCUT2D eigenvalue weighted by atomic mass is 10.1. The van der Waals surface area contributed by atoms with Crippen LogP contribution in [0, 0.1) is 12.8 Å². The number of halogens is 1. The first-order valence-electron chi connectivity index (χ1n) is 8.90. The second-order valence-corrected chi connectivity index (χ2v) is 8.80. The average Bonchev–Trinajstić information content (AvgIpc) is 2.93. The molecular weight excluding hydrogens is 463 g/mol. The third-order valence-electron chi connectivity index (χ3n) is 4.53. The maximum atomic E-state index is 11.5. The van der Waals surface area contributed by atoms with E-state index < -0.39 is 9.84 Å². The van der Waals surface area contributed by atoms with Crippen LogP contribution in [0.1, 0.15) is 18.9 Å². The summed E-state index contributed by atoms with van der Waals surface area (Å²) in [7, 11) is -1.09. The fourth-order valence-electron chi connectivity index (χ4n) is 3.10. The molecule has 0 amide bonds. The van der Waals surface area contributed by atoms with Crippen molar-refractivity contribution in [3.63, 3.8) is 0 Å². The number of likely N-dealkylation sites (N-methyl/N-ethyl adjacent to an activating group) is 1. The summed E-state index contributed by atoms with van der Waals surface area (Å²) in [5.74, 6) is 1.51. The van der Waals surface area contributed by atoms with Gasteiger partial charge in [0.15, 0.2) is 15.8 Å². The summed E-state index contributed by atoms with van der Waals surface area (Å²) in [6.07, 6.45) is 0.739. The number of rotatable bonds is 7. The quantitative estimate of drug-likeness (QED) is 0.345. The summed E-state index contributed by atoms with van der Waals surface area (Å²) in [4.78, 5) is 6.54. The summed E-state index contributed by atoms with van der Waals surface area (Å²) >= 11 is 0. The van der Waals surface area contributed by atoms with Crippen molar-refractivity contribution in [1.29, 1.82) is 0 Å². The summed E-state index contributed by atoms with van der Waals surface area (Å²) in [6, 6.07) is 8.50. The lowest BCUT2D eigenvalue weighted by Gasteiger charge is -2.24. The molecule has 0 spiro atoms. The Hall–Kier alpha value is -1.03. The number of benzene rings is 1. The van der Waals surface area contributed by atoms with E-state index in [-0.39, 0.29) is 35.6 Å². The van der Waals surface area contributed by atoms with Crippen LogP contribution >= 0.6 is 24.0 Å². The first-order valence-corrected chi connectivity index (χ1v) is 10.7. The van der Waals surface area contributed by atoms with Crippen LogP contribution in [-0.2, 0) is 9.84 Å². The van der Waals surface area contributed by atoms with Crippen molar-refractivity contribution < 1.29 is 8.42 Å². The molecule has 0 aliphatic carbocycles. The van der Waals surface area contributed by atoms with Crippen molar-refractivity contribution in [2.45, 2.75) is 20.3 Å². The minimum atomic E-state index is -2.82. The molecular formula is C18H31IN4O2S. The summed E-state index contributed by atoms with van der Waals surface area (Å²) < 4.78 is 23.0. The van der Waals surface area contributed by atoms with Gasteiger partial charge in [-0.2, -0.15) is 0 Å². The van der Waals surface area contributed by atoms with Crippen LogP contribution in [0.25, 0.3) is 0 Å². The molecule has 0 radical (unpaired) electrons. The van der Waals surface area contributed by atoms with E-state index in [2.05, 4.69) is 58.6 Å². The highest BCUT2D eigenvalue weighted by atomic mass is 127. The predicted octanol–water partition coefficient (Wildman–Crippen LogP) is 2.04. The molecule has 1 unspecified atom stereocenters. The molecule has 1 aromatic carbocycles. The van der Waals surface area contributed by atoms with Crippen molar-refractivity contribution in [3.05, 3.63) is 29.8 Å². The SMILES string of the molecule is CCN(CCNC(=NC)NCC1CCS(=O)(=O)C1)c1cccc(C)c1.I. The van der Waals surface area contributed by atoms with Gasteiger partial charge in [0, 0.05) is 38.9 Å². The van der Waals surface area contributed by atoms with Gasteiger partial charge in [0.25, 0.3) is 0 Å². The Morgan fingerprint density at radius 3 is 2.69 bits per heavy atom. The van der Waals surface area contributed by atoms with Gasteiger partial charge < -0.3 is 15.5 Å². The maximum absolute atomic E-state index is 11.5. The van der Waals surface area contributed by atoms with Gasteiger partial charge in [0.1, 0.15) is 0 Å². The molecule has 1 aromatic rings. The van der Waals surface area contributed by atoms with E-state index in [4.69, 9.17) is 0 Å². The lowest BCUT2D eigenvalue weighted by Crippen LogP contribution is -2.43. The number of hydrogen-bond acceptors (Lipinski definition) is 4. The third kappa shape index (κ3) is 7.30. The zero-order chi connectivity index (χ0) is 18.3. The molecule has 0 aromatic heterocycles. The van der Waals surface area contributed by atoms with Crippen LogP contribution in [0.5, 0.6) is 0 Å². The number of nitrogens with zero attached hydrogens (tertiary/aromatic N) is 2. The largest absolute Gasteiger partial charge is 0.370 e. The van der Waals surface area contributed by atoms with Crippen molar-refractivity contribution in [1.82, 2.24) is 10.6 Å². The maximum Gasteiger partial charge on any atom is 0.191 e. The Morgan fingerprint density at radius 2 is 2.12 bits per heavy atom. The molecule has 0 saturated carbocycles. The van der Waals surface area contributed by atoms with Crippen LogP contribution in [0.15, 0.2) is 29.3 Å². The van der Waals surface area contributed by atoms with E-state index in [1.54, 1.807) is 7.05 Å². The highest BCUT2D eigenvalue weighted by molar-refractivity contribution is 14.0. The minimum absolute atomic E-state index is 0. The second-order valence-electron chi connectivity index (χ2n) is 6.57. The summed E-state index contributed by atoms with van der Waals surface area (Å²) in [5, 5.41) is 6.56. The number of sulfone groups is 1. The number of aryl methyl sites for hydroxylation is 1. The van der Waals surface area contributed by atoms with Gasteiger partial charge in [0.2, 0.25) is 0 Å². The zero-order valence-electron chi connectivity index (χ0n) is 15.9. The van der Waals surface area contributed by atoms with Gasteiger partial charge >= 0.3 is 0 Å². The van der Waals surface area contributed by atoms with E-state index in [1.165, 1.54) is 11.3 Å². The number of guanidine groups is 1. The molecule has 26 heavy (non-hydrogen) atoms. The van der Waals surface area contributed by atoms with Gasteiger partial charge in [-0.25, -0.2) is 8.42 Å². The van der Waals surface area contributed by atoms with Crippen LogP contribution in [-0.4, -0.2) is 59.1 Å². The minimum Gasteiger partial charge on any atom is -0.370 e. The van der Waals surface area contributed by atoms with Crippen molar-refractivity contribution in [3.8, 4) is 0 Å². The van der Waals surface area contributed by atoms with E-state index in [0.717, 1.165) is 32.0 Å². The highest BCUT2D eigenvalue weighted by Crippen LogP contribution is 2.17. The molecule has 1 aliphatic heterocycles. The summed E-state index contributed by atoms with van der Waals surface area (Å²) in [5.41, 5.74) is 2.48. The Kier molecular flexibility index (Phi) is 9.70. The van der Waals surface area contributed by atoms with Gasteiger partial charge in [-0.1, -0.05) is 12.1 Å². The normalized spacial score (nSPS) is 18.9. The van der Waals surface area contributed by atoms with Gasteiger partial charge in [-0.3, -0.25) is 4.99 Å². The molecule has 1 heterocycles. The van der Waals surface area contributed by atoms with Gasteiger partial charge in [0.05, 0.1) is 11.5 Å². The Morgan fingerprint density at radius 1 is 1.35 bits per heavy atom. The fourth-order valence-corrected chi connectivity index (χ4v) is 4.96. The zero-order valence-corrected chi connectivity index (χ0v) is 19.0. The number of aliphatic imine (C=N–C) groups is 1. The standard InChI is InChI=1S/C18H30N4O2S.HI/c1-4-22(17-7-5-6-15(2)12-17)10-9-20-18(19-3)21-13-16-8-11-25(23,24)14-16;/h5-7,12,16H,4,8-11,13-14H2,1-3H3,(H2,19,20,21);1H. The van der Waals surface area contributed by atoms with Crippen molar-refractivity contribution in [2.24, 2.45) is 10.9 Å². The number of hydrogen-bond donors (Lipinski definition) is 2. The van der Waals surface area contributed by atoms with Crippen molar-refractivity contribution in [2.75, 3.05) is 49.6 Å².